The smallest absolute Gasteiger partial charge is 0.0795 e. The third kappa shape index (κ3) is 3.54. The van der Waals surface area contributed by atoms with Crippen molar-refractivity contribution in [2.45, 2.75) is 25.8 Å². The maximum absolute atomic E-state index is 4.35. The first-order chi connectivity index (χ1) is 7.88. The van der Waals surface area contributed by atoms with Crippen LogP contribution in [0.2, 0.25) is 0 Å². The Kier molecular flexibility index (Phi) is 4.75. The second-order valence-corrected chi connectivity index (χ2v) is 5.31. The lowest BCUT2D eigenvalue weighted by atomic mass is 9.93. The van der Waals surface area contributed by atoms with Crippen LogP contribution in [0.3, 0.4) is 0 Å². The van der Waals surface area contributed by atoms with Crippen molar-refractivity contribution in [3.05, 3.63) is 16.6 Å². The van der Waals surface area contributed by atoms with Gasteiger partial charge in [-0.1, -0.05) is 0 Å². The molecule has 0 bridgehead atoms. The van der Waals surface area contributed by atoms with Gasteiger partial charge in [0.15, 0.2) is 0 Å². The Morgan fingerprint density at radius 3 is 2.94 bits per heavy atom. The van der Waals surface area contributed by atoms with Gasteiger partial charge in [-0.25, -0.2) is 4.98 Å². The Morgan fingerprint density at radius 1 is 1.50 bits per heavy atom. The van der Waals surface area contributed by atoms with Crippen molar-refractivity contribution in [3.63, 3.8) is 0 Å². The van der Waals surface area contributed by atoms with E-state index in [1.165, 1.54) is 38.0 Å². The summed E-state index contributed by atoms with van der Waals surface area (Å²) in [6.07, 6.45) is 4.04. The van der Waals surface area contributed by atoms with Crippen LogP contribution in [-0.4, -0.2) is 36.6 Å². The Bertz CT molecular complexity index is 278. The standard InChI is InChI=1S/C12H21N3S/c1-13-5-2-11-3-6-15(7-4-11)8-12-9-16-10-14-12/h9-11,13H,2-8H2,1H3. The molecule has 1 saturated heterocycles. The molecule has 1 N–H and O–H groups in total. The number of thiazole rings is 1. The first-order valence-corrected chi connectivity index (χ1v) is 7.07. The van der Waals surface area contributed by atoms with Crippen LogP contribution in [0.15, 0.2) is 10.9 Å². The maximum atomic E-state index is 4.35. The Balaban J connectivity index is 1.69. The zero-order valence-corrected chi connectivity index (χ0v) is 10.8. The van der Waals surface area contributed by atoms with Gasteiger partial charge in [0.25, 0.3) is 0 Å². The number of aromatic nitrogens is 1. The van der Waals surface area contributed by atoms with E-state index in [0.29, 0.717) is 0 Å². The van der Waals surface area contributed by atoms with Gasteiger partial charge in [-0.2, -0.15) is 0 Å². The van der Waals surface area contributed by atoms with Crippen LogP contribution in [0.25, 0.3) is 0 Å². The molecule has 2 rings (SSSR count). The minimum atomic E-state index is 0.930. The van der Waals surface area contributed by atoms with Crippen molar-refractivity contribution in [2.24, 2.45) is 5.92 Å². The van der Waals surface area contributed by atoms with Crippen LogP contribution < -0.4 is 5.32 Å². The van der Waals surface area contributed by atoms with Gasteiger partial charge < -0.3 is 5.32 Å². The first-order valence-electron chi connectivity index (χ1n) is 6.12. The molecule has 1 fully saturated rings. The summed E-state index contributed by atoms with van der Waals surface area (Å²) >= 11 is 1.69. The minimum Gasteiger partial charge on any atom is -0.320 e. The molecule has 0 radical (unpaired) electrons. The van der Waals surface area contributed by atoms with E-state index in [2.05, 4.69) is 20.6 Å². The average molecular weight is 239 g/mol. The van der Waals surface area contributed by atoms with Crippen molar-refractivity contribution < 1.29 is 0 Å². The van der Waals surface area contributed by atoms with Gasteiger partial charge in [-0.3, -0.25) is 4.90 Å². The molecule has 0 aromatic carbocycles. The van der Waals surface area contributed by atoms with Gasteiger partial charge in [-0.15, -0.1) is 11.3 Å². The van der Waals surface area contributed by atoms with Crippen molar-refractivity contribution in [2.75, 3.05) is 26.7 Å². The van der Waals surface area contributed by atoms with Crippen LogP contribution >= 0.6 is 11.3 Å². The SMILES string of the molecule is CNCCC1CCN(Cc2cscn2)CC1. The average Bonchev–Trinajstić information content (AvgIpc) is 2.81. The number of rotatable bonds is 5. The quantitative estimate of drug-likeness (QED) is 0.851. The summed E-state index contributed by atoms with van der Waals surface area (Å²) in [5, 5.41) is 5.40. The molecule has 1 aliphatic heterocycles. The van der Waals surface area contributed by atoms with E-state index in [1.54, 1.807) is 11.3 Å². The van der Waals surface area contributed by atoms with Gasteiger partial charge in [0.2, 0.25) is 0 Å². The van der Waals surface area contributed by atoms with E-state index in [4.69, 9.17) is 0 Å². The second kappa shape index (κ2) is 6.33. The zero-order chi connectivity index (χ0) is 11.2. The summed E-state index contributed by atoms with van der Waals surface area (Å²) in [7, 11) is 2.04. The largest absolute Gasteiger partial charge is 0.320 e. The number of nitrogens with one attached hydrogen (secondary N) is 1. The van der Waals surface area contributed by atoms with E-state index < -0.39 is 0 Å². The Morgan fingerprint density at radius 2 is 2.31 bits per heavy atom. The van der Waals surface area contributed by atoms with E-state index in [1.807, 2.05) is 12.6 Å². The molecule has 1 aromatic rings. The van der Waals surface area contributed by atoms with Gasteiger partial charge in [0.1, 0.15) is 0 Å². The monoisotopic (exact) mass is 239 g/mol. The van der Waals surface area contributed by atoms with Gasteiger partial charge >= 0.3 is 0 Å². The maximum Gasteiger partial charge on any atom is 0.0795 e. The number of hydrogen-bond donors (Lipinski definition) is 1. The Hall–Kier alpha value is -0.450. The van der Waals surface area contributed by atoms with Crippen LogP contribution in [0.1, 0.15) is 25.0 Å². The number of nitrogens with zero attached hydrogens (tertiary/aromatic N) is 2. The van der Waals surface area contributed by atoms with Gasteiger partial charge in [0, 0.05) is 11.9 Å². The van der Waals surface area contributed by atoms with E-state index in [9.17, 15) is 0 Å². The fraction of sp³-hybridized carbons (Fsp3) is 0.750. The molecule has 1 aliphatic rings. The molecule has 2 heterocycles. The van der Waals surface area contributed by atoms with E-state index in [0.717, 1.165) is 19.0 Å². The first kappa shape index (κ1) is 12.0. The molecule has 0 aliphatic carbocycles. The number of likely N-dealkylation sites (tertiary alicyclic amines) is 1. The fourth-order valence-electron chi connectivity index (χ4n) is 2.33. The molecule has 90 valence electrons. The van der Waals surface area contributed by atoms with Crippen LogP contribution in [-0.2, 0) is 6.54 Å². The lowest BCUT2D eigenvalue weighted by Crippen LogP contribution is -2.34. The van der Waals surface area contributed by atoms with Crippen LogP contribution in [0.5, 0.6) is 0 Å². The molecule has 4 heteroatoms. The summed E-state index contributed by atoms with van der Waals surface area (Å²) in [5.41, 5.74) is 3.16. The summed E-state index contributed by atoms with van der Waals surface area (Å²) in [6.45, 7) is 4.69. The van der Waals surface area contributed by atoms with Gasteiger partial charge in [-0.05, 0) is 51.9 Å². The lowest BCUT2D eigenvalue weighted by Gasteiger charge is -2.31. The predicted octanol–water partition coefficient (Wildman–Crippen LogP) is 1.96. The van der Waals surface area contributed by atoms with Crippen LogP contribution in [0.4, 0.5) is 0 Å². The number of piperidine rings is 1. The third-order valence-electron chi connectivity index (χ3n) is 3.38. The topological polar surface area (TPSA) is 28.2 Å². The van der Waals surface area contributed by atoms with Crippen molar-refractivity contribution >= 4 is 11.3 Å². The van der Waals surface area contributed by atoms with Crippen LogP contribution in [0, 0.1) is 5.92 Å². The molecule has 0 atom stereocenters. The normalized spacial score (nSPS) is 19.1. The molecule has 0 amide bonds. The molecular formula is C12H21N3S. The lowest BCUT2D eigenvalue weighted by molar-refractivity contribution is 0.171. The molecule has 0 unspecified atom stereocenters. The summed E-state index contributed by atoms with van der Waals surface area (Å²) in [6, 6.07) is 0. The second-order valence-electron chi connectivity index (χ2n) is 4.59. The molecule has 0 spiro atoms. The highest BCUT2D eigenvalue weighted by Gasteiger charge is 2.18. The molecular weight excluding hydrogens is 218 g/mol. The number of hydrogen-bond acceptors (Lipinski definition) is 4. The highest BCUT2D eigenvalue weighted by atomic mass is 32.1. The van der Waals surface area contributed by atoms with E-state index >= 15 is 0 Å². The van der Waals surface area contributed by atoms with Crippen molar-refractivity contribution in [1.29, 1.82) is 0 Å². The Labute approximate surface area is 102 Å². The fourth-order valence-corrected chi connectivity index (χ4v) is 2.88. The molecule has 16 heavy (non-hydrogen) atoms. The third-order valence-corrected chi connectivity index (χ3v) is 4.01. The molecule has 1 aromatic heterocycles. The highest BCUT2D eigenvalue weighted by molar-refractivity contribution is 7.07. The summed E-state index contributed by atoms with van der Waals surface area (Å²) in [4.78, 5) is 6.88. The van der Waals surface area contributed by atoms with Gasteiger partial charge in [0.05, 0.1) is 11.2 Å². The minimum absolute atomic E-state index is 0.930. The predicted molar refractivity (Wildman–Crippen MR) is 68.7 cm³/mol. The van der Waals surface area contributed by atoms with Crippen molar-refractivity contribution in [1.82, 2.24) is 15.2 Å². The highest BCUT2D eigenvalue weighted by Crippen LogP contribution is 2.21. The van der Waals surface area contributed by atoms with E-state index in [-0.39, 0.29) is 0 Å². The van der Waals surface area contributed by atoms with Crippen molar-refractivity contribution in [3.8, 4) is 0 Å². The molecule has 3 nitrogen and oxygen atoms in total. The summed E-state index contributed by atoms with van der Waals surface area (Å²) in [5.74, 6) is 0.930. The zero-order valence-electron chi connectivity index (χ0n) is 9.98. The molecule has 0 saturated carbocycles. The summed E-state index contributed by atoms with van der Waals surface area (Å²) < 4.78 is 0.